The second-order valence-electron chi connectivity index (χ2n) is 8.44. The number of carbonyl (C=O) groups excluding carboxylic acids is 1. The first-order chi connectivity index (χ1) is 14.3. The fourth-order valence-electron chi connectivity index (χ4n) is 3.77. The molecule has 0 unspecified atom stereocenters. The van der Waals surface area contributed by atoms with E-state index >= 15 is 0 Å². The van der Waals surface area contributed by atoms with Crippen LogP contribution < -0.4 is 11.1 Å². The van der Waals surface area contributed by atoms with Gasteiger partial charge in [-0.1, -0.05) is 50.2 Å². The molecule has 2 aromatic carbocycles. The number of amides is 1. The number of aromatic nitrogens is 1. The van der Waals surface area contributed by atoms with Crippen LogP contribution in [0.2, 0.25) is 0 Å². The number of aromatic amines is 1. The Morgan fingerprint density at radius 2 is 1.87 bits per heavy atom. The van der Waals surface area contributed by atoms with Crippen LogP contribution in [0.25, 0.3) is 11.1 Å². The van der Waals surface area contributed by atoms with Crippen LogP contribution in [0.4, 0.5) is 0 Å². The highest BCUT2D eigenvalue weighted by Gasteiger charge is 2.21. The molecule has 0 saturated carbocycles. The third-order valence-corrected chi connectivity index (χ3v) is 5.66. The molecule has 6 nitrogen and oxygen atoms in total. The van der Waals surface area contributed by atoms with Crippen molar-refractivity contribution in [1.82, 2.24) is 15.2 Å². The fourth-order valence-corrected chi connectivity index (χ4v) is 3.77. The predicted octanol–water partition coefficient (Wildman–Crippen LogP) is 3.54. The summed E-state index contributed by atoms with van der Waals surface area (Å²) >= 11 is 0. The molecule has 160 valence electrons. The van der Waals surface area contributed by atoms with E-state index in [1.165, 1.54) is 5.56 Å². The fraction of sp³-hybridized carbons (Fsp3) is 0.417. The zero-order valence-corrected chi connectivity index (χ0v) is 18.1. The molecule has 2 atom stereocenters. The Morgan fingerprint density at radius 3 is 2.53 bits per heavy atom. The Labute approximate surface area is 177 Å². The second kappa shape index (κ2) is 9.76. The Bertz CT molecular complexity index is 1020. The van der Waals surface area contributed by atoms with Crippen LogP contribution in [-0.4, -0.2) is 42.5 Å². The van der Waals surface area contributed by atoms with Crippen LogP contribution in [0.15, 0.2) is 57.7 Å². The van der Waals surface area contributed by atoms with Gasteiger partial charge in [-0.3, -0.25) is 9.78 Å². The number of hydrogen-bond donors (Lipinski definition) is 2. The Morgan fingerprint density at radius 1 is 1.13 bits per heavy atom. The summed E-state index contributed by atoms with van der Waals surface area (Å²) in [4.78, 5) is 28.8. The molecule has 0 radical (unpaired) electrons. The number of rotatable bonds is 9. The largest absolute Gasteiger partial charge is 0.417 e. The number of carbonyl (C=O) groups is 1. The highest BCUT2D eigenvalue weighted by Crippen LogP contribution is 2.27. The van der Waals surface area contributed by atoms with Gasteiger partial charge in [0.15, 0.2) is 5.58 Å². The lowest BCUT2D eigenvalue weighted by Crippen LogP contribution is -2.42. The van der Waals surface area contributed by atoms with Crippen molar-refractivity contribution in [3.8, 4) is 0 Å². The van der Waals surface area contributed by atoms with Crippen molar-refractivity contribution >= 4 is 17.0 Å². The lowest BCUT2D eigenvalue weighted by molar-refractivity contribution is -0.121. The van der Waals surface area contributed by atoms with Gasteiger partial charge in [-0.05, 0) is 55.6 Å². The van der Waals surface area contributed by atoms with Crippen LogP contribution in [0.5, 0.6) is 0 Å². The number of nitrogens with one attached hydrogen (secondary N) is 2. The Balaban J connectivity index is 1.61. The van der Waals surface area contributed by atoms with Gasteiger partial charge in [0.25, 0.3) is 0 Å². The number of fused-ring (bicyclic) bond motifs is 1. The van der Waals surface area contributed by atoms with Crippen molar-refractivity contribution < 1.29 is 9.21 Å². The number of oxazole rings is 1. The van der Waals surface area contributed by atoms with E-state index in [0.717, 1.165) is 12.0 Å². The van der Waals surface area contributed by atoms with Crippen LogP contribution in [0.3, 0.4) is 0 Å². The van der Waals surface area contributed by atoms with Crippen molar-refractivity contribution in [3.63, 3.8) is 0 Å². The summed E-state index contributed by atoms with van der Waals surface area (Å²) in [6.45, 7) is 4.87. The van der Waals surface area contributed by atoms with Gasteiger partial charge in [0, 0.05) is 19.0 Å². The first kappa shape index (κ1) is 21.8. The molecule has 0 saturated heterocycles. The van der Waals surface area contributed by atoms with E-state index in [2.05, 4.69) is 41.2 Å². The third kappa shape index (κ3) is 5.60. The molecule has 1 amide bonds. The van der Waals surface area contributed by atoms with E-state index in [9.17, 15) is 9.59 Å². The van der Waals surface area contributed by atoms with Crippen molar-refractivity contribution in [2.24, 2.45) is 5.92 Å². The number of hydrogen-bond acceptors (Lipinski definition) is 4. The van der Waals surface area contributed by atoms with Crippen molar-refractivity contribution in [3.05, 3.63) is 70.2 Å². The molecule has 3 aromatic rings. The van der Waals surface area contributed by atoms with Gasteiger partial charge < -0.3 is 14.6 Å². The van der Waals surface area contributed by atoms with Gasteiger partial charge in [-0.25, -0.2) is 4.79 Å². The van der Waals surface area contributed by atoms with E-state index in [1.54, 1.807) is 0 Å². The topological polar surface area (TPSA) is 78.3 Å². The minimum atomic E-state index is -0.448. The standard InChI is InChI=1S/C24H31N3O3/c1-16(2)20(18-8-6-5-7-9-18)14-23(28)25-15-19(27(3)4)12-17-10-11-21-22(13-17)30-24(29)26-21/h5-11,13,16,19-20H,12,14-15H2,1-4H3,(H,25,28)(H,26,29)/t19-,20+/m0/s1. The van der Waals surface area contributed by atoms with Crippen LogP contribution in [-0.2, 0) is 11.2 Å². The van der Waals surface area contributed by atoms with Gasteiger partial charge in [-0.2, -0.15) is 0 Å². The smallest absolute Gasteiger partial charge is 0.408 e. The summed E-state index contributed by atoms with van der Waals surface area (Å²) in [6.07, 6.45) is 1.21. The summed E-state index contributed by atoms with van der Waals surface area (Å²) < 4.78 is 5.16. The highest BCUT2D eigenvalue weighted by atomic mass is 16.4. The van der Waals surface area contributed by atoms with Crippen molar-refractivity contribution in [2.45, 2.75) is 38.6 Å². The molecule has 1 aromatic heterocycles. The Hall–Kier alpha value is -2.86. The minimum absolute atomic E-state index is 0.0662. The Kier molecular flexibility index (Phi) is 7.11. The van der Waals surface area contributed by atoms with Gasteiger partial charge in [0.2, 0.25) is 5.91 Å². The van der Waals surface area contributed by atoms with Crippen molar-refractivity contribution in [2.75, 3.05) is 20.6 Å². The maximum atomic E-state index is 12.7. The highest BCUT2D eigenvalue weighted by molar-refractivity contribution is 5.77. The molecular weight excluding hydrogens is 378 g/mol. The third-order valence-electron chi connectivity index (χ3n) is 5.66. The van der Waals surface area contributed by atoms with Gasteiger partial charge in [-0.15, -0.1) is 0 Å². The monoisotopic (exact) mass is 409 g/mol. The van der Waals surface area contributed by atoms with Gasteiger partial charge in [0.1, 0.15) is 0 Å². The average molecular weight is 410 g/mol. The summed E-state index contributed by atoms with van der Waals surface area (Å²) in [5, 5.41) is 3.12. The zero-order valence-electron chi connectivity index (χ0n) is 18.1. The molecule has 3 rings (SSSR count). The summed E-state index contributed by atoms with van der Waals surface area (Å²) in [7, 11) is 4.01. The van der Waals surface area contributed by atoms with Crippen LogP contribution in [0, 0.1) is 5.92 Å². The molecular formula is C24H31N3O3. The summed E-state index contributed by atoms with van der Waals surface area (Å²) in [6, 6.07) is 16.1. The molecule has 0 fully saturated rings. The van der Waals surface area contributed by atoms with E-state index in [-0.39, 0.29) is 17.9 Å². The number of likely N-dealkylation sites (N-methyl/N-ethyl adjacent to an activating group) is 1. The summed E-state index contributed by atoms with van der Waals surface area (Å²) in [5.74, 6) is 0.196. The summed E-state index contributed by atoms with van der Waals surface area (Å²) in [5.41, 5.74) is 3.51. The maximum Gasteiger partial charge on any atom is 0.417 e. The lowest BCUT2D eigenvalue weighted by Gasteiger charge is -2.26. The molecule has 0 aliphatic carbocycles. The maximum absolute atomic E-state index is 12.7. The van der Waals surface area contributed by atoms with Crippen LogP contribution in [0.1, 0.15) is 37.3 Å². The number of nitrogens with zero attached hydrogens (tertiary/aromatic N) is 1. The molecule has 30 heavy (non-hydrogen) atoms. The number of benzene rings is 2. The lowest BCUT2D eigenvalue weighted by atomic mass is 9.85. The van der Waals surface area contributed by atoms with Gasteiger partial charge >= 0.3 is 5.76 Å². The van der Waals surface area contributed by atoms with Crippen molar-refractivity contribution in [1.29, 1.82) is 0 Å². The quantitative estimate of drug-likeness (QED) is 0.567. The zero-order chi connectivity index (χ0) is 21.7. The molecule has 2 N–H and O–H groups in total. The SMILES string of the molecule is CC(C)[C@@H](CC(=O)NC[C@H](Cc1ccc2[nH]c(=O)oc2c1)N(C)C)c1ccccc1. The van der Waals surface area contributed by atoms with Gasteiger partial charge in [0.05, 0.1) is 5.52 Å². The van der Waals surface area contributed by atoms with E-state index < -0.39 is 5.76 Å². The molecule has 6 heteroatoms. The van der Waals surface area contributed by atoms with E-state index in [4.69, 9.17) is 4.42 Å². The molecule has 0 bridgehead atoms. The molecule has 0 aliphatic heterocycles. The molecule has 1 heterocycles. The average Bonchev–Trinajstić information content (AvgIpc) is 3.08. The first-order valence-electron chi connectivity index (χ1n) is 10.4. The first-order valence-corrected chi connectivity index (χ1v) is 10.4. The predicted molar refractivity (Wildman–Crippen MR) is 120 cm³/mol. The van der Waals surface area contributed by atoms with E-state index in [1.807, 2.05) is 50.5 Å². The van der Waals surface area contributed by atoms with Crippen LogP contribution >= 0.6 is 0 Å². The molecule has 0 spiro atoms. The number of H-pyrrole nitrogens is 1. The normalized spacial score (nSPS) is 13.7. The second-order valence-corrected chi connectivity index (χ2v) is 8.44. The minimum Gasteiger partial charge on any atom is -0.408 e. The van der Waals surface area contributed by atoms with E-state index in [0.29, 0.717) is 30.0 Å². The molecule has 0 aliphatic rings.